The van der Waals surface area contributed by atoms with Crippen LogP contribution in [0.3, 0.4) is 0 Å². The fraction of sp³-hybridized carbons (Fsp3) is 0.267. The lowest BCUT2D eigenvalue weighted by atomic mass is 10.0. The van der Waals surface area contributed by atoms with Crippen LogP contribution >= 0.6 is 0 Å². The summed E-state index contributed by atoms with van der Waals surface area (Å²) in [6, 6.07) is 10.5. The highest BCUT2D eigenvalue weighted by molar-refractivity contribution is 6.06. The second kappa shape index (κ2) is 3.59. The van der Waals surface area contributed by atoms with Gasteiger partial charge in [0, 0.05) is 37.2 Å². The third-order valence-corrected chi connectivity index (χ3v) is 3.48. The maximum Gasteiger partial charge on any atom is 0.163 e. The van der Waals surface area contributed by atoms with Gasteiger partial charge in [-0.15, -0.1) is 0 Å². The topological polar surface area (TPSA) is 20.3 Å². The van der Waals surface area contributed by atoms with Crippen LogP contribution in [0.15, 0.2) is 30.3 Å². The Morgan fingerprint density at radius 1 is 1.12 bits per heavy atom. The van der Waals surface area contributed by atoms with Crippen molar-refractivity contribution in [3.8, 4) is 0 Å². The van der Waals surface area contributed by atoms with Crippen LogP contribution in [0.1, 0.15) is 22.3 Å². The van der Waals surface area contributed by atoms with Gasteiger partial charge in [0.2, 0.25) is 0 Å². The summed E-state index contributed by atoms with van der Waals surface area (Å²) >= 11 is 0. The second-order valence-corrected chi connectivity index (χ2v) is 4.83. The van der Waals surface area contributed by atoms with Crippen LogP contribution in [-0.4, -0.2) is 19.9 Å². The molecule has 2 aromatic carbocycles. The molecule has 0 fully saturated rings. The van der Waals surface area contributed by atoms with E-state index < -0.39 is 0 Å². The Bertz CT molecular complexity index is 614. The van der Waals surface area contributed by atoms with Crippen LogP contribution in [0.25, 0.3) is 10.8 Å². The lowest BCUT2D eigenvalue weighted by molar-refractivity contribution is 0.0994. The van der Waals surface area contributed by atoms with Gasteiger partial charge < -0.3 is 4.90 Å². The van der Waals surface area contributed by atoms with E-state index in [1.165, 1.54) is 16.6 Å². The van der Waals surface area contributed by atoms with Gasteiger partial charge in [-0.05, 0) is 35.6 Å². The Labute approximate surface area is 101 Å². The zero-order valence-electron chi connectivity index (χ0n) is 10.2. The largest absolute Gasteiger partial charge is 0.377 e. The van der Waals surface area contributed by atoms with Crippen molar-refractivity contribution in [2.24, 2.45) is 0 Å². The highest BCUT2D eigenvalue weighted by Gasteiger charge is 2.20. The predicted octanol–water partition coefficient (Wildman–Crippen LogP) is 3.03. The van der Waals surface area contributed by atoms with Gasteiger partial charge in [-0.25, -0.2) is 0 Å². The summed E-state index contributed by atoms with van der Waals surface area (Å²) in [4.78, 5) is 13.8. The van der Waals surface area contributed by atoms with E-state index in [4.69, 9.17) is 0 Å². The molecule has 0 N–H and O–H groups in total. The van der Waals surface area contributed by atoms with Crippen molar-refractivity contribution >= 4 is 22.2 Å². The quantitative estimate of drug-likeness (QED) is 0.743. The number of ketones is 1. The number of hydrogen-bond donors (Lipinski definition) is 0. The number of carbonyl (C=O) groups excluding carboxylic acids is 1. The molecule has 3 rings (SSSR count). The summed E-state index contributed by atoms with van der Waals surface area (Å²) in [6.07, 6.45) is 1.56. The highest BCUT2D eigenvalue weighted by atomic mass is 16.1. The molecule has 0 aliphatic heterocycles. The number of benzene rings is 2. The first-order chi connectivity index (χ1) is 8.16. The molecule has 0 amide bonds. The minimum atomic E-state index is 0.289. The molecule has 0 radical (unpaired) electrons. The van der Waals surface area contributed by atoms with E-state index in [-0.39, 0.29) is 5.78 Å². The smallest absolute Gasteiger partial charge is 0.163 e. The molecule has 0 spiro atoms. The molecule has 1 aliphatic carbocycles. The van der Waals surface area contributed by atoms with Gasteiger partial charge in [0.15, 0.2) is 5.78 Å². The molecule has 0 saturated carbocycles. The summed E-state index contributed by atoms with van der Waals surface area (Å²) < 4.78 is 0. The molecular weight excluding hydrogens is 210 g/mol. The maximum atomic E-state index is 11.7. The van der Waals surface area contributed by atoms with Crippen molar-refractivity contribution in [1.29, 1.82) is 0 Å². The van der Waals surface area contributed by atoms with E-state index in [1.54, 1.807) is 0 Å². The average molecular weight is 225 g/mol. The van der Waals surface area contributed by atoms with E-state index >= 15 is 0 Å². The molecule has 0 heterocycles. The molecule has 2 aromatic rings. The Balaban J connectivity index is 2.33. The summed E-state index contributed by atoms with van der Waals surface area (Å²) in [5, 5.41) is 2.40. The van der Waals surface area contributed by atoms with Gasteiger partial charge in [0.05, 0.1) is 0 Å². The molecule has 0 atom stereocenters. The normalized spacial score (nSPS) is 14.1. The first-order valence-corrected chi connectivity index (χ1v) is 5.93. The number of aryl methyl sites for hydroxylation is 1. The number of Topliss-reactive ketones (excluding diaryl/α,β-unsaturated/α-hetero) is 1. The third kappa shape index (κ3) is 1.52. The van der Waals surface area contributed by atoms with E-state index in [2.05, 4.69) is 23.1 Å². The number of rotatable bonds is 1. The molecule has 0 saturated heterocycles. The predicted molar refractivity (Wildman–Crippen MR) is 70.9 cm³/mol. The molecule has 1 aliphatic rings. The zero-order valence-corrected chi connectivity index (χ0v) is 10.2. The number of fused-ring (bicyclic) bond motifs is 2. The van der Waals surface area contributed by atoms with Gasteiger partial charge in [0.25, 0.3) is 0 Å². The number of carbonyl (C=O) groups is 1. The third-order valence-electron chi connectivity index (χ3n) is 3.48. The van der Waals surface area contributed by atoms with E-state index in [0.717, 1.165) is 17.4 Å². The van der Waals surface area contributed by atoms with Gasteiger partial charge in [-0.3, -0.25) is 4.79 Å². The zero-order chi connectivity index (χ0) is 12.0. The minimum Gasteiger partial charge on any atom is -0.377 e. The fourth-order valence-corrected chi connectivity index (χ4v) is 2.59. The van der Waals surface area contributed by atoms with Crippen LogP contribution in [0.2, 0.25) is 0 Å². The molecule has 0 aromatic heterocycles. The van der Waals surface area contributed by atoms with Crippen LogP contribution in [-0.2, 0) is 6.42 Å². The SMILES string of the molecule is CN(C)c1cccc2cc3c(cc12)CCC3=O. The van der Waals surface area contributed by atoms with E-state index in [9.17, 15) is 4.79 Å². The monoisotopic (exact) mass is 225 g/mol. The molecule has 2 nitrogen and oxygen atoms in total. The van der Waals surface area contributed by atoms with Gasteiger partial charge in [-0.1, -0.05) is 12.1 Å². The van der Waals surface area contributed by atoms with Crippen molar-refractivity contribution in [2.45, 2.75) is 12.8 Å². The summed E-state index contributed by atoms with van der Waals surface area (Å²) in [5.74, 6) is 0.289. The van der Waals surface area contributed by atoms with Crippen LogP contribution in [0, 0.1) is 0 Å². The first-order valence-electron chi connectivity index (χ1n) is 5.93. The highest BCUT2D eigenvalue weighted by Crippen LogP contribution is 2.32. The van der Waals surface area contributed by atoms with Gasteiger partial charge >= 0.3 is 0 Å². The summed E-state index contributed by atoms with van der Waals surface area (Å²) in [6.45, 7) is 0. The molecule has 0 unspecified atom stereocenters. The standard InChI is InChI=1S/C15H15NO/c1-16(2)14-5-3-4-10-9-13-11(8-12(10)14)6-7-15(13)17/h3-5,8-9H,6-7H2,1-2H3. The molecule has 86 valence electrons. The van der Waals surface area contributed by atoms with Crippen molar-refractivity contribution in [1.82, 2.24) is 0 Å². The summed E-state index contributed by atoms with van der Waals surface area (Å²) in [5.41, 5.74) is 3.34. The Hall–Kier alpha value is -1.83. The maximum absolute atomic E-state index is 11.7. The lowest BCUT2D eigenvalue weighted by Gasteiger charge is -2.16. The van der Waals surface area contributed by atoms with Crippen LogP contribution in [0.4, 0.5) is 5.69 Å². The van der Waals surface area contributed by atoms with Gasteiger partial charge in [0.1, 0.15) is 0 Å². The fourth-order valence-electron chi connectivity index (χ4n) is 2.59. The van der Waals surface area contributed by atoms with Crippen molar-refractivity contribution in [2.75, 3.05) is 19.0 Å². The summed E-state index contributed by atoms with van der Waals surface area (Å²) in [7, 11) is 4.10. The average Bonchev–Trinajstić information content (AvgIpc) is 2.67. The van der Waals surface area contributed by atoms with Gasteiger partial charge in [-0.2, -0.15) is 0 Å². The minimum absolute atomic E-state index is 0.289. The van der Waals surface area contributed by atoms with Crippen LogP contribution < -0.4 is 4.90 Å². The second-order valence-electron chi connectivity index (χ2n) is 4.83. The molecule has 2 heteroatoms. The van der Waals surface area contributed by atoms with Crippen molar-refractivity contribution in [3.63, 3.8) is 0 Å². The van der Waals surface area contributed by atoms with Crippen LogP contribution in [0.5, 0.6) is 0 Å². The van der Waals surface area contributed by atoms with Crippen molar-refractivity contribution in [3.05, 3.63) is 41.5 Å². The molecular formula is C15H15NO. The molecule has 17 heavy (non-hydrogen) atoms. The Morgan fingerprint density at radius 2 is 1.94 bits per heavy atom. The van der Waals surface area contributed by atoms with Crippen molar-refractivity contribution < 1.29 is 4.79 Å². The lowest BCUT2D eigenvalue weighted by Crippen LogP contribution is -2.09. The first kappa shape index (κ1) is 10.3. The number of anilines is 1. The Morgan fingerprint density at radius 3 is 2.71 bits per heavy atom. The molecule has 0 bridgehead atoms. The number of nitrogens with zero attached hydrogens (tertiary/aromatic N) is 1. The Kier molecular flexibility index (Phi) is 2.18. The van der Waals surface area contributed by atoms with E-state index in [0.29, 0.717) is 6.42 Å². The van der Waals surface area contributed by atoms with E-state index in [1.807, 2.05) is 26.2 Å². The number of hydrogen-bond acceptors (Lipinski definition) is 2.